The first-order chi connectivity index (χ1) is 12.3. The third-order valence-electron chi connectivity index (χ3n) is 4.38. The van der Waals surface area contributed by atoms with Crippen LogP contribution in [0.5, 0.6) is 0 Å². The first-order valence-electron chi connectivity index (χ1n) is 8.16. The molecule has 0 radical (unpaired) electrons. The van der Waals surface area contributed by atoms with Gasteiger partial charge in [-0.05, 0) is 16.7 Å². The Hall–Kier alpha value is -3.40. The van der Waals surface area contributed by atoms with Gasteiger partial charge in [-0.3, -0.25) is 0 Å². The van der Waals surface area contributed by atoms with Crippen molar-refractivity contribution in [3.05, 3.63) is 114 Å². The van der Waals surface area contributed by atoms with E-state index in [-0.39, 0.29) is 0 Å². The second-order valence-electron chi connectivity index (χ2n) is 5.87. The molecule has 4 rings (SSSR count). The molecule has 0 saturated carbocycles. The Morgan fingerprint density at radius 3 is 1.36 bits per heavy atom. The summed E-state index contributed by atoms with van der Waals surface area (Å²) in [5.74, 6) is 0.396. The number of hydrogen-bond acceptors (Lipinski definition) is 3. The first-order valence-corrected chi connectivity index (χ1v) is 8.16. The maximum Gasteiger partial charge on any atom is 0.166 e. The Morgan fingerprint density at radius 2 is 1.04 bits per heavy atom. The minimum absolute atomic E-state index is 0.396. The topological polar surface area (TPSA) is 56.7 Å². The fourth-order valence-electron chi connectivity index (χ4n) is 3.32. The maximum absolute atomic E-state index is 5.92. The number of aromatic nitrogens is 3. The molecule has 4 aromatic rings. The quantitative estimate of drug-likeness (QED) is 0.582. The molecule has 0 aliphatic heterocycles. The number of nitrogens with zero attached hydrogens (tertiary/aromatic N) is 3. The summed E-state index contributed by atoms with van der Waals surface area (Å²) in [7, 11) is 0. The van der Waals surface area contributed by atoms with Crippen molar-refractivity contribution in [3.8, 4) is 0 Å². The van der Waals surface area contributed by atoms with Crippen LogP contribution in [-0.4, -0.2) is 15.0 Å². The summed E-state index contributed by atoms with van der Waals surface area (Å²) in [4.78, 5) is 1.71. The third-order valence-corrected chi connectivity index (χ3v) is 4.38. The Kier molecular flexibility index (Phi) is 3.78. The molecule has 0 bridgehead atoms. The zero-order valence-electron chi connectivity index (χ0n) is 13.7. The van der Waals surface area contributed by atoms with Crippen LogP contribution in [0.3, 0.4) is 0 Å². The molecule has 0 atom stereocenters. The summed E-state index contributed by atoms with van der Waals surface area (Å²) in [5.41, 5.74) is 8.44. The van der Waals surface area contributed by atoms with Gasteiger partial charge in [0, 0.05) is 0 Å². The van der Waals surface area contributed by atoms with Crippen molar-refractivity contribution in [2.24, 2.45) is 0 Å². The highest BCUT2D eigenvalue weighted by Crippen LogP contribution is 2.39. The van der Waals surface area contributed by atoms with Crippen LogP contribution >= 0.6 is 0 Å². The SMILES string of the molecule is Nc1cnn(C(c2ccccc2)(c2ccccc2)c2ccccc2)n1. The van der Waals surface area contributed by atoms with Crippen LogP contribution in [0, 0.1) is 0 Å². The molecular formula is C21H18N4. The van der Waals surface area contributed by atoms with Crippen LogP contribution in [0.2, 0.25) is 0 Å². The lowest BCUT2D eigenvalue weighted by Gasteiger charge is -2.34. The highest BCUT2D eigenvalue weighted by molar-refractivity contribution is 5.50. The van der Waals surface area contributed by atoms with E-state index in [1.807, 2.05) is 54.6 Å². The van der Waals surface area contributed by atoms with E-state index in [4.69, 9.17) is 5.73 Å². The molecule has 0 saturated heterocycles. The fraction of sp³-hybridized carbons (Fsp3) is 0.0476. The van der Waals surface area contributed by atoms with Gasteiger partial charge in [-0.2, -0.15) is 9.90 Å². The van der Waals surface area contributed by atoms with Crippen molar-refractivity contribution in [3.63, 3.8) is 0 Å². The van der Waals surface area contributed by atoms with Crippen molar-refractivity contribution >= 4 is 5.82 Å². The maximum atomic E-state index is 5.92. The Labute approximate surface area is 146 Å². The monoisotopic (exact) mass is 326 g/mol. The predicted molar refractivity (Wildman–Crippen MR) is 99.0 cm³/mol. The van der Waals surface area contributed by atoms with Crippen molar-refractivity contribution in [2.45, 2.75) is 5.54 Å². The molecule has 4 nitrogen and oxygen atoms in total. The zero-order valence-corrected chi connectivity index (χ0v) is 13.7. The molecular weight excluding hydrogens is 308 g/mol. The van der Waals surface area contributed by atoms with E-state index in [1.165, 1.54) is 0 Å². The van der Waals surface area contributed by atoms with Crippen LogP contribution in [0.25, 0.3) is 0 Å². The van der Waals surface area contributed by atoms with E-state index in [2.05, 4.69) is 46.6 Å². The van der Waals surface area contributed by atoms with Crippen molar-refractivity contribution in [1.82, 2.24) is 15.0 Å². The highest BCUT2D eigenvalue weighted by atomic mass is 15.5. The van der Waals surface area contributed by atoms with Crippen LogP contribution < -0.4 is 5.73 Å². The number of hydrogen-bond donors (Lipinski definition) is 1. The van der Waals surface area contributed by atoms with Gasteiger partial charge in [0.15, 0.2) is 11.4 Å². The first kappa shape index (κ1) is 15.1. The van der Waals surface area contributed by atoms with Crippen molar-refractivity contribution in [1.29, 1.82) is 0 Å². The fourth-order valence-corrected chi connectivity index (χ4v) is 3.32. The van der Waals surface area contributed by atoms with E-state index in [1.54, 1.807) is 11.0 Å². The third kappa shape index (κ3) is 2.48. The molecule has 0 spiro atoms. The second kappa shape index (κ2) is 6.24. The molecule has 2 N–H and O–H groups in total. The Morgan fingerprint density at radius 1 is 0.640 bits per heavy atom. The second-order valence-corrected chi connectivity index (χ2v) is 5.87. The Balaban J connectivity index is 2.12. The van der Waals surface area contributed by atoms with Crippen LogP contribution in [0.4, 0.5) is 5.82 Å². The number of anilines is 1. The molecule has 122 valence electrons. The molecule has 1 heterocycles. The van der Waals surface area contributed by atoms with E-state index in [0.717, 1.165) is 16.7 Å². The molecule has 0 aliphatic rings. The largest absolute Gasteiger partial charge is 0.381 e. The molecule has 3 aromatic carbocycles. The van der Waals surface area contributed by atoms with Gasteiger partial charge in [0.25, 0.3) is 0 Å². The molecule has 4 heteroatoms. The number of benzene rings is 3. The minimum atomic E-state index is -0.693. The summed E-state index contributed by atoms with van der Waals surface area (Å²) in [6.45, 7) is 0. The minimum Gasteiger partial charge on any atom is -0.381 e. The standard InChI is InChI=1S/C21H18N4/c22-20-16-23-25(24-20)21(17-10-4-1-5-11-17,18-12-6-2-7-13-18)19-14-8-3-9-15-19/h1-16H,(H2,22,24). The average molecular weight is 326 g/mol. The molecule has 0 aliphatic carbocycles. The van der Waals surface area contributed by atoms with Gasteiger partial charge in [0.1, 0.15) is 0 Å². The van der Waals surface area contributed by atoms with Gasteiger partial charge >= 0.3 is 0 Å². The smallest absolute Gasteiger partial charge is 0.166 e. The van der Waals surface area contributed by atoms with E-state index in [0.29, 0.717) is 5.82 Å². The van der Waals surface area contributed by atoms with Gasteiger partial charge in [-0.1, -0.05) is 91.0 Å². The van der Waals surface area contributed by atoms with E-state index in [9.17, 15) is 0 Å². The summed E-state index contributed by atoms with van der Waals surface area (Å²) >= 11 is 0. The van der Waals surface area contributed by atoms with Crippen molar-refractivity contribution < 1.29 is 0 Å². The number of nitrogen functional groups attached to an aromatic ring is 1. The van der Waals surface area contributed by atoms with Gasteiger partial charge in [0.05, 0.1) is 6.20 Å². The summed E-state index contributed by atoms with van der Waals surface area (Å²) in [6, 6.07) is 30.8. The summed E-state index contributed by atoms with van der Waals surface area (Å²) < 4.78 is 0. The van der Waals surface area contributed by atoms with E-state index >= 15 is 0 Å². The van der Waals surface area contributed by atoms with Crippen LogP contribution in [0.15, 0.2) is 97.2 Å². The molecule has 0 amide bonds. The molecule has 0 fully saturated rings. The normalized spacial score (nSPS) is 11.4. The van der Waals surface area contributed by atoms with Crippen LogP contribution in [-0.2, 0) is 5.54 Å². The summed E-state index contributed by atoms with van der Waals surface area (Å²) in [5, 5.41) is 8.99. The lowest BCUT2D eigenvalue weighted by atomic mass is 9.77. The Bertz CT molecular complexity index is 850. The lowest BCUT2D eigenvalue weighted by Crippen LogP contribution is -2.39. The van der Waals surface area contributed by atoms with Crippen LogP contribution in [0.1, 0.15) is 16.7 Å². The lowest BCUT2D eigenvalue weighted by molar-refractivity contribution is 0.405. The van der Waals surface area contributed by atoms with E-state index < -0.39 is 5.54 Å². The predicted octanol–water partition coefficient (Wildman–Crippen LogP) is 3.70. The van der Waals surface area contributed by atoms with Gasteiger partial charge < -0.3 is 5.73 Å². The average Bonchev–Trinajstić information content (AvgIpc) is 3.12. The molecule has 1 aromatic heterocycles. The molecule has 0 unspecified atom stereocenters. The summed E-state index contributed by atoms with van der Waals surface area (Å²) in [6.07, 6.45) is 1.59. The number of rotatable bonds is 4. The van der Waals surface area contributed by atoms with Crippen molar-refractivity contribution in [2.75, 3.05) is 5.73 Å². The highest BCUT2D eigenvalue weighted by Gasteiger charge is 2.40. The molecule has 25 heavy (non-hydrogen) atoms. The van der Waals surface area contributed by atoms with Gasteiger partial charge in [0.2, 0.25) is 0 Å². The van der Waals surface area contributed by atoms with Gasteiger partial charge in [-0.25, -0.2) is 0 Å². The zero-order chi connectivity index (χ0) is 17.1. The van der Waals surface area contributed by atoms with Gasteiger partial charge in [-0.15, -0.1) is 5.10 Å². The number of nitrogens with two attached hydrogens (primary N) is 1.